The number of thioether (sulfide) groups is 1. The molecular weight excluding hydrogens is 362 g/mol. The third-order valence-electron chi connectivity index (χ3n) is 4.14. The van der Waals surface area contributed by atoms with E-state index in [2.05, 4.69) is 11.4 Å². The topological polar surface area (TPSA) is 84.1 Å². The fourth-order valence-corrected chi connectivity index (χ4v) is 3.30. The second-order valence-corrected chi connectivity index (χ2v) is 6.95. The van der Waals surface area contributed by atoms with E-state index in [1.807, 2.05) is 48.7 Å². The van der Waals surface area contributed by atoms with Gasteiger partial charge in [-0.3, -0.25) is 9.59 Å². The first kappa shape index (κ1) is 20.6. The predicted octanol–water partition coefficient (Wildman–Crippen LogP) is 3.26. The van der Waals surface area contributed by atoms with Crippen molar-refractivity contribution in [3.8, 4) is 6.07 Å². The molecule has 1 aromatic heterocycles. The molecule has 1 aromatic carbocycles. The first-order valence-corrected chi connectivity index (χ1v) is 9.80. The van der Waals surface area contributed by atoms with Gasteiger partial charge in [-0.15, -0.1) is 11.8 Å². The van der Waals surface area contributed by atoms with Crippen LogP contribution in [0, 0.1) is 25.2 Å². The molecule has 1 heterocycles. The lowest BCUT2D eigenvalue weighted by atomic mass is 10.2. The second kappa shape index (κ2) is 9.83. The van der Waals surface area contributed by atoms with Gasteiger partial charge in [0, 0.05) is 12.2 Å². The van der Waals surface area contributed by atoms with Gasteiger partial charge in [-0.25, -0.2) is 0 Å². The van der Waals surface area contributed by atoms with Crippen molar-refractivity contribution in [1.29, 1.82) is 5.26 Å². The van der Waals surface area contributed by atoms with Crippen LogP contribution in [0.4, 0.5) is 5.82 Å². The lowest BCUT2D eigenvalue weighted by molar-refractivity contribution is -0.139. The maximum atomic E-state index is 12.3. The van der Waals surface area contributed by atoms with E-state index in [9.17, 15) is 14.9 Å². The summed E-state index contributed by atoms with van der Waals surface area (Å²) in [4.78, 5) is 23.7. The van der Waals surface area contributed by atoms with Gasteiger partial charge in [0.15, 0.2) is 0 Å². The number of nitrogens with zero attached hydrogens (tertiary/aromatic N) is 2. The van der Waals surface area contributed by atoms with Crippen LogP contribution >= 0.6 is 11.8 Å². The van der Waals surface area contributed by atoms with Crippen molar-refractivity contribution >= 4 is 29.5 Å². The van der Waals surface area contributed by atoms with Crippen molar-refractivity contribution in [2.45, 2.75) is 27.3 Å². The molecule has 0 aliphatic carbocycles. The zero-order valence-corrected chi connectivity index (χ0v) is 16.6. The van der Waals surface area contributed by atoms with E-state index in [-0.39, 0.29) is 23.4 Å². The Hall–Kier alpha value is -2.72. The quantitative estimate of drug-likeness (QED) is 0.705. The zero-order chi connectivity index (χ0) is 19.8. The summed E-state index contributed by atoms with van der Waals surface area (Å²) >= 11 is 1.18. The summed E-state index contributed by atoms with van der Waals surface area (Å²) in [7, 11) is 0. The molecule has 1 amide bonds. The lowest BCUT2D eigenvalue weighted by Gasteiger charge is -2.13. The molecular formula is C20H23N3O3S. The first-order chi connectivity index (χ1) is 13.0. The van der Waals surface area contributed by atoms with Gasteiger partial charge in [0.1, 0.15) is 11.9 Å². The highest BCUT2D eigenvalue weighted by Gasteiger charge is 2.20. The van der Waals surface area contributed by atoms with Gasteiger partial charge in [0.25, 0.3) is 0 Å². The van der Waals surface area contributed by atoms with Gasteiger partial charge in [0.2, 0.25) is 5.91 Å². The third kappa shape index (κ3) is 5.38. The predicted molar refractivity (Wildman–Crippen MR) is 107 cm³/mol. The van der Waals surface area contributed by atoms with E-state index >= 15 is 0 Å². The fourth-order valence-electron chi connectivity index (χ4n) is 2.69. The van der Waals surface area contributed by atoms with Crippen molar-refractivity contribution in [1.82, 2.24) is 4.57 Å². The van der Waals surface area contributed by atoms with Gasteiger partial charge >= 0.3 is 5.97 Å². The minimum absolute atomic E-state index is 0.109. The van der Waals surface area contributed by atoms with Crippen LogP contribution in [0.3, 0.4) is 0 Å². The van der Waals surface area contributed by atoms with Crippen LogP contribution in [0.1, 0.15) is 29.3 Å². The summed E-state index contributed by atoms with van der Waals surface area (Å²) in [5, 5.41) is 12.4. The number of anilines is 1. The second-order valence-electron chi connectivity index (χ2n) is 5.96. The Morgan fingerprint density at radius 2 is 1.93 bits per heavy atom. The van der Waals surface area contributed by atoms with Crippen LogP contribution in [-0.2, 0) is 20.9 Å². The maximum absolute atomic E-state index is 12.3. The van der Waals surface area contributed by atoms with E-state index in [0.29, 0.717) is 24.5 Å². The van der Waals surface area contributed by atoms with Crippen molar-refractivity contribution in [2.24, 2.45) is 0 Å². The zero-order valence-electron chi connectivity index (χ0n) is 15.7. The molecule has 0 aliphatic rings. The SMILES string of the molecule is CCOC(=O)CSCC(=O)Nc1c(C#N)c(C)c(C)n1Cc1ccccc1. The van der Waals surface area contributed by atoms with Crippen LogP contribution in [0.25, 0.3) is 0 Å². The van der Waals surface area contributed by atoms with E-state index in [4.69, 9.17) is 4.74 Å². The Morgan fingerprint density at radius 1 is 1.22 bits per heavy atom. The Bertz CT molecular complexity index is 854. The average molecular weight is 385 g/mol. The maximum Gasteiger partial charge on any atom is 0.315 e. The molecule has 0 bridgehead atoms. The fraction of sp³-hybridized carbons (Fsp3) is 0.350. The number of aromatic nitrogens is 1. The number of benzene rings is 1. The summed E-state index contributed by atoms with van der Waals surface area (Å²) in [5.74, 6) is 0.131. The number of hydrogen-bond acceptors (Lipinski definition) is 5. The summed E-state index contributed by atoms with van der Waals surface area (Å²) < 4.78 is 6.79. The van der Waals surface area contributed by atoms with Crippen molar-refractivity contribution < 1.29 is 14.3 Å². The molecule has 0 radical (unpaired) electrons. The molecule has 0 unspecified atom stereocenters. The van der Waals surface area contributed by atoms with E-state index in [1.165, 1.54) is 11.8 Å². The van der Waals surface area contributed by atoms with Gasteiger partial charge in [-0.05, 0) is 31.9 Å². The number of nitrogens with one attached hydrogen (secondary N) is 1. The van der Waals surface area contributed by atoms with E-state index in [1.54, 1.807) is 6.92 Å². The Labute approximate surface area is 163 Å². The Kier molecular flexibility index (Phi) is 7.50. The molecule has 2 rings (SSSR count). The standard InChI is InChI=1S/C20H23N3O3S/c1-4-26-19(25)13-27-12-18(24)22-20-17(10-21)14(2)15(3)23(20)11-16-8-6-5-7-9-16/h5-9H,4,11-13H2,1-3H3,(H,22,24). The first-order valence-electron chi connectivity index (χ1n) is 8.64. The van der Waals surface area contributed by atoms with Gasteiger partial charge in [-0.2, -0.15) is 5.26 Å². The number of amides is 1. The van der Waals surface area contributed by atoms with Crippen molar-refractivity contribution in [3.63, 3.8) is 0 Å². The number of carbonyl (C=O) groups excluding carboxylic acids is 2. The van der Waals surface area contributed by atoms with Gasteiger partial charge < -0.3 is 14.6 Å². The Morgan fingerprint density at radius 3 is 2.56 bits per heavy atom. The number of carbonyl (C=O) groups is 2. The smallest absolute Gasteiger partial charge is 0.315 e. The van der Waals surface area contributed by atoms with Crippen LogP contribution in [0.2, 0.25) is 0 Å². The summed E-state index contributed by atoms with van der Waals surface area (Å²) in [6.45, 7) is 6.43. The van der Waals surface area contributed by atoms with E-state index in [0.717, 1.165) is 16.8 Å². The molecule has 27 heavy (non-hydrogen) atoms. The minimum Gasteiger partial charge on any atom is -0.465 e. The molecule has 0 aliphatic heterocycles. The van der Waals surface area contributed by atoms with Crippen LogP contribution < -0.4 is 5.32 Å². The minimum atomic E-state index is -0.341. The van der Waals surface area contributed by atoms with Crippen molar-refractivity contribution in [2.75, 3.05) is 23.4 Å². The van der Waals surface area contributed by atoms with Crippen LogP contribution in [0.15, 0.2) is 30.3 Å². The highest BCUT2D eigenvalue weighted by molar-refractivity contribution is 8.00. The number of rotatable bonds is 8. The number of hydrogen-bond donors (Lipinski definition) is 1. The summed E-state index contributed by atoms with van der Waals surface area (Å²) in [5.41, 5.74) is 3.33. The molecule has 7 heteroatoms. The van der Waals surface area contributed by atoms with Gasteiger partial charge in [0.05, 0.1) is 23.7 Å². The molecule has 0 spiro atoms. The summed E-state index contributed by atoms with van der Waals surface area (Å²) in [6.07, 6.45) is 0. The van der Waals surface area contributed by atoms with Crippen LogP contribution in [-0.4, -0.2) is 34.6 Å². The molecule has 142 valence electrons. The highest BCUT2D eigenvalue weighted by Crippen LogP contribution is 2.27. The van der Waals surface area contributed by atoms with E-state index < -0.39 is 0 Å². The molecule has 0 saturated carbocycles. The number of ether oxygens (including phenoxy) is 1. The third-order valence-corrected chi connectivity index (χ3v) is 5.05. The molecule has 2 aromatic rings. The van der Waals surface area contributed by atoms with Gasteiger partial charge in [-0.1, -0.05) is 30.3 Å². The monoisotopic (exact) mass is 385 g/mol. The van der Waals surface area contributed by atoms with Crippen LogP contribution in [0.5, 0.6) is 0 Å². The molecule has 1 N–H and O–H groups in total. The molecule has 0 saturated heterocycles. The molecule has 0 atom stereocenters. The molecule has 0 fully saturated rings. The normalized spacial score (nSPS) is 10.3. The number of nitriles is 1. The van der Waals surface area contributed by atoms with Crippen molar-refractivity contribution in [3.05, 3.63) is 52.7 Å². The summed E-state index contributed by atoms with van der Waals surface area (Å²) in [6, 6.07) is 12.0. The lowest BCUT2D eigenvalue weighted by Crippen LogP contribution is -2.19. The Balaban J connectivity index is 2.15. The highest BCUT2D eigenvalue weighted by atomic mass is 32.2. The molecule has 6 nitrogen and oxygen atoms in total. The number of esters is 1. The largest absolute Gasteiger partial charge is 0.465 e. The average Bonchev–Trinajstić information content (AvgIpc) is 2.87.